The SMILES string of the molecule is CN(C(=O)Cc1ccc(Cl)c(Cl)c1)C1CCC2(CCCO2)CCC1N1CCCC1. The van der Waals surface area contributed by atoms with E-state index in [2.05, 4.69) is 4.90 Å². The highest BCUT2D eigenvalue weighted by molar-refractivity contribution is 6.42. The van der Waals surface area contributed by atoms with Crippen molar-refractivity contribution in [2.45, 2.75) is 75.5 Å². The second kappa shape index (κ2) is 9.13. The first-order valence-electron chi connectivity index (χ1n) is 11.1. The van der Waals surface area contributed by atoms with Crippen molar-refractivity contribution < 1.29 is 9.53 Å². The molecule has 1 aliphatic carbocycles. The van der Waals surface area contributed by atoms with Gasteiger partial charge >= 0.3 is 0 Å². The van der Waals surface area contributed by atoms with E-state index in [1.54, 1.807) is 6.07 Å². The Labute approximate surface area is 184 Å². The average Bonchev–Trinajstić information content (AvgIpc) is 3.36. The minimum absolute atomic E-state index is 0.0559. The number of amides is 1. The molecule has 3 atom stereocenters. The highest BCUT2D eigenvalue weighted by Gasteiger charge is 2.43. The molecule has 1 amide bonds. The van der Waals surface area contributed by atoms with E-state index >= 15 is 0 Å². The van der Waals surface area contributed by atoms with Gasteiger partial charge < -0.3 is 9.64 Å². The first-order chi connectivity index (χ1) is 14.0. The fourth-order valence-electron chi connectivity index (χ4n) is 5.57. The summed E-state index contributed by atoms with van der Waals surface area (Å²) in [6, 6.07) is 6.15. The Hall–Kier alpha value is -0.810. The van der Waals surface area contributed by atoms with Gasteiger partial charge in [0.15, 0.2) is 0 Å². The molecule has 0 N–H and O–H groups in total. The van der Waals surface area contributed by atoms with E-state index in [1.807, 2.05) is 24.1 Å². The lowest BCUT2D eigenvalue weighted by Gasteiger charge is -2.38. The van der Waals surface area contributed by atoms with Crippen molar-refractivity contribution in [2.24, 2.45) is 0 Å². The largest absolute Gasteiger partial charge is 0.375 e. The normalized spacial score (nSPS) is 30.6. The molecule has 0 radical (unpaired) electrons. The van der Waals surface area contributed by atoms with Crippen LogP contribution in [0.3, 0.4) is 0 Å². The third-order valence-corrected chi connectivity index (χ3v) is 8.00. The Morgan fingerprint density at radius 3 is 2.59 bits per heavy atom. The topological polar surface area (TPSA) is 32.8 Å². The van der Waals surface area contributed by atoms with E-state index in [9.17, 15) is 4.79 Å². The Morgan fingerprint density at radius 1 is 1.14 bits per heavy atom. The van der Waals surface area contributed by atoms with Gasteiger partial charge in [-0.05, 0) is 82.2 Å². The van der Waals surface area contributed by atoms with Crippen molar-refractivity contribution in [1.29, 1.82) is 0 Å². The quantitative estimate of drug-likeness (QED) is 0.666. The number of halogens is 2. The zero-order chi connectivity index (χ0) is 20.4. The number of carbonyl (C=O) groups is 1. The Bertz CT molecular complexity index is 730. The zero-order valence-corrected chi connectivity index (χ0v) is 18.9. The van der Waals surface area contributed by atoms with Crippen molar-refractivity contribution in [3.63, 3.8) is 0 Å². The first kappa shape index (κ1) is 21.4. The summed E-state index contributed by atoms with van der Waals surface area (Å²) in [4.78, 5) is 17.8. The molecule has 2 heterocycles. The molecule has 2 aliphatic heterocycles. The van der Waals surface area contributed by atoms with E-state index in [4.69, 9.17) is 27.9 Å². The lowest BCUT2D eigenvalue weighted by atomic mass is 9.91. The number of rotatable bonds is 4. The maximum absolute atomic E-state index is 13.2. The van der Waals surface area contributed by atoms with E-state index in [1.165, 1.54) is 25.7 Å². The fraction of sp³-hybridized carbons (Fsp3) is 0.696. The molecule has 0 aromatic heterocycles. The molecule has 3 aliphatic rings. The van der Waals surface area contributed by atoms with Gasteiger partial charge in [0.25, 0.3) is 0 Å². The molecule has 0 bridgehead atoms. The van der Waals surface area contributed by atoms with Crippen molar-refractivity contribution in [3.8, 4) is 0 Å². The Balaban J connectivity index is 1.50. The predicted molar refractivity (Wildman–Crippen MR) is 118 cm³/mol. The highest BCUT2D eigenvalue weighted by Crippen LogP contribution is 2.41. The van der Waals surface area contributed by atoms with Crippen molar-refractivity contribution in [2.75, 3.05) is 26.7 Å². The molecule has 1 aromatic carbocycles. The minimum atomic E-state index is 0.0559. The van der Waals surface area contributed by atoms with Crippen LogP contribution in [0.25, 0.3) is 0 Å². The number of ether oxygens (including phenoxy) is 1. The molecule has 1 aromatic rings. The molecule has 4 nitrogen and oxygen atoms in total. The number of benzene rings is 1. The monoisotopic (exact) mass is 438 g/mol. The second-order valence-corrected chi connectivity index (χ2v) is 9.83. The van der Waals surface area contributed by atoms with Crippen LogP contribution in [0.2, 0.25) is 10.0 Å². The third kappa shape index (κ3) is 4.76. The summed E-state index contributed by atoms with van der Waals surface area (Å²) in [6.07, 6.45) is 9.57. The summed E-state index contributed by atoms with van der Waals surface area (Å²) < 4.78 is 6.23. The summed E-state index contributed by atoms with van der Waals surface area (Å²) in [5.41, 5.74) is 0.971. The first-order valence-corrected chi connectivity index (χ1v) is 11.8. The summed E-state index contributed by atoms with van der Waals surface area (Å²) in [5.74, 6) is 0.154. The van der Waals surface area contributed by atoms with Crippen LogP contribution < -0.4 is 0 Å². The molecule has 1 spiro atoms. The van der Waals surface area contributed by atoms with Gasteiger partial charge in [-0.3, -0.25) is 9.69 Å². The van der Waals surface area contributed by atoms with E-state index in [-0.39, 0.29) is 17.6 Å². The van der Waals surface area contributed by atoms with Crippen molar-refractivity contribution in [3.05, 3.63) is 33.8 Å². The Kier molecular flexibility index (Phi) is 6.75. The minimum Gasteiger partial charge on any atom is -0.375 e. The summed E-state index contributed by atoms with van der Waals surface area (Å²) >= 11 is 12.2. The van der Waals surface area contributed by atoms with Crippen molar-refractivity contribution >= 4 is 29.1 Å². The fourth-order valence-corrected chi connectivity index (χ4v) is 5.89. The van der Waals surface area contributed by atoms with Gasteiger partial charge in [0.2, 0.25) is 5.91 Å². The van der Waals surface area contributed by atoms with Crippen LogP contribution in [-0.2, 0) is 16.0 Å². The van der Waals surface area contributed by atoms with E-state index < -0.39 is 0 Å². The summed E-state index contributed by atoms with van der Waals surface area (Å²) in [5, 5.41) is 1.03. The number of carbonyl (C=O) groups excluding carboxylic acids is 1. The lowest BCUT2D eigenvalue weighted by Crippen LogP contribution is -2.51. The van der Waals surface area contributed by atoms with Crippen LogP contribution >= 0.6 is 23.2 Å². The van der Waals surface area contributed by atoms with E-state index in [0.29, 0.717) is 22.5 Å². The van der Waals surface area contributed by atoms with Gasteiger partial charge in [0, 0.05) is 25.7 Å². The number of hydrogen-bond acceptors (Lipinski definition) is 3. The van der Waals surface area contributed by atoms with Gasteiger partial charge in [-0.2, -0.15) is 0 Å². The maximum Gasteiger partial charge on any atom is 0.227 e. The van der Waals surface area contributed by atoms with Gasteiger partial charge in [-0.1, -0.05) is 29.3 Å². The van der Waals surface area contributed by atoms with E-state index in [0.717, 1.165) is 50.9 Å². The van der Waals surface area contributed by atoms with Crippen LogP contribution in [-0.4, -0.2) is 60.1 Å². The van der Waals surface area contributed by atoms with Crippen LogP contribution in [0.4, 0.5) is 0 Å². The Morgan fingerprint density at radius 2 is 1.90 bits per heavy atom. The number of nitrogens with zero attached hydrogens (tertiary/aromatic N) is 2. The number of likely N-dealkylation sites (tertiary alicyclic amines) is 1. The average molecular weight is 439 g/mol. The molecule has 29 heavy (non-hydrogen) atoms. The van der Waals surface area contributed by atoms with Crippen molar-refractivity contribution in [1.82, 2.24) is 9.80 Å². The predicted octanol–water partition coefficient (Wildman–Crippen LogP) is 4.95. The van der Waals surface area contributed by atoms with Gasteiger partial charge in [-0.25, -0.2) is 0 Å². The highest BCUT2D eigenvalue weighted by atomic mass is 35.5. The molecule has 4 rings (SSSR count). The van der Waals surface area contributed by atoms with Gasteiger partial charge in [0.1, 0.15) is 0 Å². The van der Waals surface area contributed by atoms with Crippen LogP contribution in [0.15, 0.2) is 18.2 Å². The van der Waals surface area contributed by atoms with Crippen LogP contribution in [0.5, 0.6) is 0 Å². The third-order valence-electron chi connectivity index (χ3n) is 7.26. The molecular weight excluding hydrogens is 407 g/mol. The molecule has 2 saturated heterocycles. The standard InChI is InChI=1S/C23H32Cl2N2O2/c1-26(22(28)16-17-5-6-18(24)19(25)15-17)20-7-10-23(9-4-14-29-23)11-8-21(20)27-12-2-3-13-27/h5-6,15,20-21H,2-4,7-14,16H2,1H3. The van der Waals surface area contributed by atoms with Gasteiger partial charge in [-0.15, -0.1) is 0 Å². The van der Waals surface area contributed by atoms with Crippen LogP contribution in [0, 0.1) is 0 Å². The molecule has 160 valence electrons. The molecule has 3 unspecified atom stereocenters. The lowest BCUT2D eigenvalue weighted by molar-refractivity contribution is -0.132. The number of likely N-dealkylation sites (N-methyl/N-ethyl adjacent to an activating group) is 1. The molecular formula is C23H32Cl2N2O2. The maximum atomic E-state index is 13.2. The zero-order valence-electron chi connectivity index (χ0n) is 17.3. The van der Waals surface area contributed by atoms with Crippen LogP contribution in [0.1, 0.15) is 56.9 Å². The molecule has 3 fully saturated rings. The smallest absolute Gasteiger partial charge is 0.227 e. The summed E-state index contributed by atoms with van der Waals surface area (Å²) in [7, 11) is 1.99. The van der Waals surface area contributed by atoms with Gasteiger partial charge in [0.05, 0.1) is 22.1 Å². The summed E-state index contributed by atoms with van der Waals surface area (Å²) in [6.45, 7) is 3.21. The molecule has 6 heteroatoms. The number of hydrogen-bond donors (Lipinski definition) is 0. The second-order valence-electron chi connectivity index (χ2n) is 9.02. The molecule has 1 saturated carbocycles.